The summed E-state index contributed by atoms with van der Waals surface area (Å²) in [6, 6.07) is 1.90. The van der Waals surface area contributed by atoms with E-state index >= 15 is 0 Å². The van der Waals surface area contributed by atoms with Crippen LogP contribution >= 0.6 is 0 Å². The minimum Gasteiger partial charge on any atom is -0.378 e. The molecule has 1 aromatic rings. The van der Waals surface area contributed by atoms with Crippen molar-refractivity contribution in [2.45, 2.75) is 38.4 Å². The Labute approximate surface area is 120 Å². The Bertz CT molecular complexity index is 408. The molecule has 2 rings (SSSR count). The minimum atomic E-state index is 0.389. The van der Waals surface area contributed by atoms with Gasteiger partial charge in [0.25, 0.3) is 0 Å². The lowest BCUT2D eigenvalue weighted by Crippen LogP contribution is -2.22. The van der Waals surface area contributed by atoms with Crippen LogP contribution in [0.5, 0.6) is 0 Å². The smallest absolute Gasteiger partial charge is 0.158 e. The summed E-state index contributed by atoms with van der Waals surface area (Å²) in [5.74, 6) is 2.30. The van der Waals surface area contributed by atoms with Crippen molar-refractivity contribution in [3.63, 3.8) is 0 Å². The number of nitrogens with one attached hydrogen (secondary N) is 2. The quantitative estimate of drug-likeness (QED) is 0.796. The van der Waals surface area contributed by atoms with Crippen LogP contribution in [0.3, 0.4) is 0 Å². The molecule has 0 radical (unpaired) electrons. The number of anilines is 2. The highest BCUT2D eigenvalue weighted by Crippen LogP contribution is 2.16. The van der Waals surface area contributed by atoms with E-state index in [-0.39, 0.29) is 0 Å². The second-order valence-corrected chi connectivity index (χ2v) is 4.94. The largest absolute Gasteiger partial charge is 0.378 e. The molecule has 1 aromatic heterocycles. The molecule has 6 heteroatoms. The predicted molar refractivity (Wildman–Crippen MR) is 79.0 cm³/mol. The van der Waals surface area contributed by atoms with Crippen molar-refractivity contribution in [3.8, 4) is 0 Å². The fourth-order valence-corrected chi connectivity index (χ4v) is 2.31. The molecule has 1 aliphatic heterocycles. The van der Waals surface area contributed by atoms with E-state index in [1.807, 2.05) is 13.1 Å². The van der Waals surface area contributed by atoms with E-state index < -0.39 is 0 Å². The topological polar surface area (TPSA) is 68.3 Å². The Balaban J connectivity index is 1.85. The molecule has 1 atom stereocenters. The molecule has 0 spiro atoms. The average Bonchev–Trinajstić information content (AvgIpc) is 2.48. The standard InChI is InChI=1S/C14H24N4O2/c1-15-12-9-13(18-14(17-12)10-19-2)16-7-6-11-5-3-4-8-20-11/h9,11H,3-8,10H2,1-2H3,(H2,15,16,17,18). The first kappa shape index (κ1) is 15.0. The van der Waals surface area contributed by atoms with Gasteiger partial charge in [0, 0.05) is 33.4 Å². The van der Waals surface area contributed by atoms with Gasteiger partial charge >= 0.3 is 0 Å². The van der Waals surface area contributed by atoms with E-state index in [0.29, 0.717) is 18.5 Å². The predicted octanol–water partition coefficient (Wildman–Crippen LogP) is 2.04. The highest BCUT2D eigenvalue weighted by Gasteiger charge is 2.13. The summed E-state index contributed by atoms with van der Waals surface area (Å²) in [6.07, 6.45) is 5.04. The molecule has 0 amide bonds. The molecule has 1 saturated heterocycles. The van der Waals surface area contributed by atoms with Crippen LogP contribution in [0.1, 0.15) is 31.5 Å². The van der Waals surface area contributed by atoms with Gasteiger partial charge in [0.1, 0.15) is 18.2 Å². The van der Waals surface area contributed by atoms with Crippen molar-refractivity contribution in [3.05, 3.63) is 11.9 Å². The van der Waals surface area contributed by atoms with Crippen LogP contribution in [-0.2, 0) is 16.1 Å². The maximum atomic E-state index is 5.72. The van der Waals surface area contributed by atoms with Gasteiger partial charge in [-0.25, -0.2) is 9.97 Å². The summed E-state index contributed by atoms with van der Waals surface area (Å²) in [5, 5.41) is 6.37. The molecule has 112 valence electrons. The molecule has 2 heterocycles. The van der Waals surface area contributed by atoms with Gasteiger partial charge in [-0.1, -0.05) is 0 Å². The third-order valence-electron chi connectivity index (χ3n) is 3.35. The van der Waals surface area contributed by atoms with Gasteiger partial charge in [0.05, 0.1) is 6.10 Å². The number of hydrogen-bond acceptors (Lipinski definition) is 6. The number of ether oxygens (including phenoxy) is 2. The number of hydrogen-bond donors (Lipinski definition) is 2. The maximum absolute atomic E-state index is 5.72. The molecule has 1 aliphatic rings. The summed E-state index contributed by atoms with van der Waals surface area (Å²) in [4.78, 5) is 8.75. The Morgan fingerprint density at radius 1 is 1.35 bits per heavy atom. The lowest BCUT2D eigenvalue weighted by Gasteiger charge is -2.22. The number of methoxy groups -OCH3 is 1. The normalized spacial score (nSPS) is 18.8. The van der Waals surface area contributed by atoms with Gasteiger partial charge in [0.2, 0.25) is 0 Å². The van der Waals surface area contributed by atoms with E-state index in [1.165, 1.54) is 19.3 Å². The van der Waals surface area contributed by atoms with Crippen molar-refractivity contribution in [2.75, 3.05) is 37.9 Å². The Morgan fingerprint density at radius 2 is 2.20 bits per heavy atom. The van der Waals surface area contributed by atoms with Crippen molar-refractivity contribution < 1.29 is 9.47 Å². The molecule has 1 unspecified atom stereocenters. The summed E-state index contributed by atoms with van der Waals surface area (Å²) < 4.78 is 10.8. The Kier molecular flexibility index (Phi) is 6.01. The Hall–Kier alpha value is -1.40. The van der Waals surface area contributed by atoms with Gasteiger partial charge in [-0.15, -0.1) is 0 Å². The van der Waals surface area contributed by atoms with Gasteiger partial charge < -0.3 is 20.1 Å². The van der Waals surface area contributed by atoms with Crippen molar-refractivity contribution in [1.82, 2.24) is 9.97 Å². The van der Waals surface area contributed by atoms with Crippen LogP contribution in [0.2, 0.25) is 0 Å². The first-order valence-electron chi connectivity index (χ1n) is 7.22. The second-order valence-electron chi connectivity index (χ2n) is 4.94. The highest BCUT2D eigenvalue weighted by atomic mass is 16.5. The maximum Gasteiger partial charge on any atom is 0.158 e. The molecule has 20 heavy (non-hydrogen) atoms. The van der Waals surface area contributed by atoms with E-state index in [0.717, 1.165) is 31.2 Å². The molecule has 6 nitrogen and oxygen atoms in total. The lowest BCUT2D eigenvalue weighted by molar-refractivity contribution is 0.0134. The summed E-state index contributed by atoms with van der Waals surface area (Å²) in [5.41, 5.74) is 0. The molecule has 0 saturated carbocycles. The fourth-order valence-electron chi connectivity index (χ4n) is 2.31. The van der Waals surface area contributed by atoms with Crippen LogP contribution in [0, 0.1) is 0 Å². The van der Waals surface area contributed by atoms with Crippen LogP contribution in [0.15, 0.2) is 6.07 Å². The summed E-state index contributed by atoms with van der Waals surface area (Å²) in [7, 11) is 3.49. The van der Waals surface area contributed by atoms with Gasteiger partial charge in [-0.2, -0.15) is 0 Å². The zero-order chi connectivity index (χ0) is 14.2. The highest BCUT2D eigenvalue weighted by molar-refractivity contribution is 5.47. The third-order valence-corrected chi connectivity index (χ3v) is 3.35. The second kappa shape index (κ2) is 8.01. The van der Waals surface area contributed by atoms with Gasteiger partial charge in [-0.05, 0) is 25.7 Å². The van der Waals surface area contributed by atoms with Crippen LogP contribution in [0.25, 0.3) is 0 Å². The van der Waals surface area contributed by atoms with Crippen molar-refractivity contribution in [2.24, 2.45) is 0 Å². The van der Waals surface area contributed by atoms with E-state index in [9.17, 15) is 0 Å². The van der Waals surface area contributed by atoms with Gasteiger partial charge in [0.15, 0.2) is 5.82 Å². The minimum absolute atomic E-state index is 0.389. The van der Waals surface area contributed by atoms with Gasteiger partial charge in [-0.3, -0.25) is 0 Å². The van der Waals surface area contributed by atoms with E-state index in [2.05, 4.69) is 20.6 Å². The number of nitrogens with zero attached hydrogens (tertiary/aromatic N) is 2. The van der Waals surface area contributed by atoms with E-state index in [4.69, 9.17) is 9.47 Å². The monoisotopic (exact) mass is 280 g/mol. The summed E-state index contributed by atoms with van der Waals surface area (Å²) >= 11 is 0. The zero-order valence-corrected chi connectivity index (χ0v) is 12.3. The van der Waals surface area contributed by atoms with Crippen molar-refractivity contribution in [1.29, 1.82) is 0 Å². The zero-order valence-electron chi connectivity index (χ0n) is 12.3. The van der Waals surface area contributed by atoms with Crippen LogP contribution in [0.4, 0.5) is 11.6 Å². The average molecular weight is 280 g/mol. The van der Waals surface area contributed by atoms with Crippen molar-refractivity contribution >= 4 is 11.6 Å². The molecular weight excluding hydrogens is 256 g/mol. The number of rotatable bonds is 7. The van der Waals surface area contributed by atoms with E-state index in [1.54, 1.807) is 7.11 Å². The SMILES string of the molecule is CNc1cc(NCCC2CCCCO2)nc(COC)n1. The summed E-state index contributed by atoms with van der Waals surface area (Å²) in [6.45, 7) is 2.17. The third kappa shape index (κ3) is 4.61. The fraction of sp³-hybridized carbons (Fsp3) is 0.714. The molecule has 0 aliphatic carbocycles. The Morgan fingerprint density at radius 3 is 2.90 bits per heavy atom. The number of aromatic nitrogens is 2. The molecular formula is C14H24N4O2. The van der Waals surface area contributed by atoms with Crippen LogP contribution < -0.4 is 10.6 Å². The van der Waals surface area contributed by atoms with Crippen LogP contribution in [-0.4, -0.2) is 43.4 Å². The molecule has 0 bridgehead atoms. The first-order valence-corrected chi connectivity index (χ1v) is 7.22. The lowest BCUT2D eigenvalue weighted by atomic mass is 10.1. The molecule has 0 aromatic carbocycles. The first-order chi connectivity index (χ1) is 9.81. The molecule has 2 N–H and O–H groups in total. The molecule has 1 fully saturated rings.